The number of amides is 3. The predicted molar refractivity (Wildman–Crippen MR) is 142 cm³/mol. The number of benzene rings is 2. The van der Waals surface area contributed by atoms with E-state index >= 15 is 0 Å². The van der Waals surface area contributed by atoms with Crippen LogP contribution < -0.4 is 25.4 Å². The summed E-state index contributed by atoms with van der Waals surface area (Å²) in [4.78, 5) is 51.4. The highest BCUT2D eigenvalue weighted by atomic mass is 32.2. The Morgan fingerprint density at radius 3 is 2.54 bits per heavy atom. The second-order valence-electron chi connectivity index (χ2n) is 8.80. The molecule has 3 heterocycles. The maximum absolute atomic E-state index is 13.1. The molecule has 204 valence electrons. The number of ether oxygens (including phenoxy) is 1. The Balaban J connectivity index is 1.50. The summed E-state index contributed by atoms with van der Waals surface area (Å²) < 4.78 is 29.7. The molecule has 1 fully saturated rings. The third-order valence-corrected chi connectivity index (χ3v) is 9.84. The van der Waals surface area contributed by atoms with Gasteiger partial charge >= 0.3 is 4.87 Å². The number of anilines is 1. The van der Waals surface area contributed by atoms with Crippen LogP contribution in [-0.4, -0.2) is 47.7 Å². The first-order chi connectivity index (χ1) is 18.5. The van der Waals surface area contributed by atoms with Gasteiger partial charge in [-0.2, -0.15) is 0 Å². The number of aromatic nitrogens is 1. The average Bonchev–Trinajstić information content (AvgIpc) is 3.33. The number of phenols is 1. The summed E-state index contributed by atoms with van der Waals surface area (Å²) in [7, 11) is -3.90. The molecule has 2 aliphatic rings. The Bertz CT molecular complexity index is 1660. The van der Waals surface area contributed by atoms with Gasteiger partial charge in [-0.15, -0.1) is 0 Å². The second-order valence-corrected chi connectivity index (χ2v) is 12.5. The zero-order valence-corrected chi connectivity index (χ0v) is 22.7. The number of sulfonamides is 1. The maximum Gasteiger partial charge on any atom is 0.308 e. The normalized spacial score (nSPS) is 20.2. The molecule has 0 bridgehead atoms. The minimum Gasteiger partial charge on any atom is -0.504 e. The first-order valence-corrected chi connectivity index (χ1v) is 14.9. The van der Waals surface area contributed by atoms with Gasteiger partial charge in [0.15, 0.2) is 11.5 Å². The third-order valence-electron chi connectivity index (χ3n) is 6.30. The zero-order valence-electron chi connectivity index (χ0n) is 20.2. The Morgan fingerprint density at radius 2 is 1.87 bits per heavy atom. The molecule has 5 N–H and O–H groups in total. The van der Waals surface area contributed by atoms with E-state index in [1.165, 1.54) is 34.9 Å². The van der Waals surface area contributed by atoms with Crippen LogP contribution in [0.15, 0.2) is 57.2 Å². The molecule has 3 atom stereocenters. The van der Waals surface area contributed by atoms with Gasteiger partial charge in [0.1, 0.15) is 11.8 Å². The Hall–Kier alpha value is -3.66. The molecule has 0 aliphatic carbocycles. The van der Waals surface area contributed by atoms with E-state index in [2.05, 4.69) is 10.6 Å². The molecule has 3 aromatic rings. The first kappa shape index (κ1) is 26.9. The quantitative estimate of drug-likeness (QED) is 0.293. The highest BCUT2D eigenvalue weighted by Crippen LogP contribution is 2.52. The molecular weight excluding hydrogens is 568 g/mol. The molecule has 1 saturated heterocycles. The van der Waals surface area contributed by atoms with Crippen molar-refractivity contribution >= 4 is 56.5 Å². The number of thiazole rings is 1. The van der Waals surface area contributed by atoms with E-state index in [4.69, 9.17) is 9.88 Å². The van der Waals surface area contributed by atoms with Crippen molar-refractivity contribution in [3.8, 4) is 11.5 Å². The van der Waals surface area contributed by atoms with Crippen LogP contribution >= 0.6 is 23.1 Å². The molecule has 0 spiro atoms. The summed E-state index contributed by atoms with van der Waals surface area (Å²) in [5.41, 5.74) is 0.869. The molecule has 1 aromatic heterocycles. The Morgan fingerprint density at radius 1 is 1.15 bits per heavy atom. The van der Waals surface area contributed by atoms with E-state index in [1.807, 2.05) is 0 Å². The fourth-order valence-electron chi connectivity index (χ4n) is 4.60. The summed E-state index contributed by atoms with van der Waals surface area (Å²) >= 11 is 1.93. The molecule has 15 heteroatoms. The molecule has 2 aromatic carbocycles. The van der Waals surface area contributed by atoms with Crippen LogP contribution in [0.25, 0.3) is 0 Å². The van der Waals surface area contributed by atoms with Crippen molar-refractivity contribution in [3.05, 3.63) is 62.6 Å². The van der Waals surface area contributed by atoms with Gasteiger partial charge in [0.2, 0.25) is 27.7 Å². The molecule has 3 amide bonds. The third kappa shape index (κ3) is 5.05. The smallest absolute Gasteiger partial charge is 0.308 e. The summed E-state index contributed by atoms with van der Waals surface area (Å²) in [6.45, 7) is 1.66. The fourth-order valence-corrected chi connectivity index (χ4v) is 7.86. The largest absolute Gasteiger partial charge is 0.504 e. The number of nitrogens with one attached hydrogen (secondary N) is 2. The summed E-state index contributed by atoms with van der Waals surface area (Å²) in [6.07, 6.45) is 0. The van der Waals surface area contributed by atoms with Crippen LogP contribution in [-0.2, 0) is 31.0 Å². The summed E-state index contributed by atoms with van der Waals surface area (Å²) in [6, 6.07) is 9.86. The standard InChI is InChI=1S/C24H22N4O8S3/c1-2-36-15-9-11(3-8-14(15)29)17-18-19(22(32)27-21(18)31)37-23-20(17)38-24(33)28(23)10-16(30)26-12-4-6-13(7-5-12)39(25,34)35/h3-9,17-19,29H,2,10H2,1H3,(H,26,30)(H2,25,34,35)(H,27,31,32)/t17-,18+,19-/m0/s1. The Labute approximate surface area is 230 Å². The molecule has 2 aliphatic heterocycles. The van der Waals surface area contributed by atoms with Gasteiger partial charge in [-0.1, -0.05) is 29.2 Å². The van der Waals surface area contributed by atoms with Crippen molar-refractivity contribution in [3.63, 3.8) is 0 Å². The van der Waals surface area contributed by atoms with E-state index in [0.29, 0.717) is 21.2 Å². The number of fused-ring (bicyclic) bond motifs is 2. The van der Waals surface area contributed by atoms with Crippen molar-refractivity contribution in [2.75, 3.05) is 11.9 Å². The van der Waals surface area contributed by atoms with Crippen molar-refractivity contribution in [2.45, 2.75) is 34.6 Å². The number of nitrogens with zero attached hydrogens (tertiary/aromatic N) is 1. The van der Waals surface area contributed by atoms with E-state index in [-0.39, 0.29) is 29.5 Å². The lowest BCUT2D eigenvalue weighted by Crippen LogP contribution is -2.32. The van der Waals surface area contributed by atoms with Crippen LogP contribution in [0.5, 0.6) is 11.5 Å². The number of rotatable bonds is 7. The lowest BCUT2D eigenvalue weighted by atomic mass is 9.83. The highest BCUT2D eigenvalue weighted by Gasteiger charge is 2.53. The molecule has 0 unspecified atom stereocenters. The lowest BCUT2D eigenvalue weighted by Gasteiger charge is -2.31. The van der Waals surface area contributed by atoms with Gasteiger partial charge in [-0.3, -0.25) is 29.1 Å². The van der Waals surface area contributed by atoms with Gasteiger partial charge < -0.3 is 15.2 Å². The second kappa shape index (κ2) is 10.1. The van der Waals surface area contributed by atoms with Gasteiger partial charge in [0.25, 0.3) is 0 Å². The molecular formula is C24H22N4O8S3. The summed E-state index contributed by atoms with van der Waals surface area (Å²) in [5, 5.41) is 19.8. The van der Waals surface area contributed by atoms with Gasteiger partial charge in [0.05, 0.1) is 22.4 Å². The number of aromatic hydroxyl groups is 1. The molecule has 0 radical (unpaired) electrons. The molecule has 5 rings (SSSR count). The van der Waals surface area contributed by atoms with Crippen molar-refractivity contribution in [1.82, 2.24) is 9.88 Å². The minimum absolute atomic E-state index is 0.0889. The van der Waals surface area contributed by atoms with Crippen molar-refractivity contribution < 1.29 is 32.6 Å². The molecule has 0 saturated carbocycles. The average molecular weight is 591 g/mol. The predicted octanol–water partition coefficient (Wildman–Crippen LogP) is 1.18. The van der Waals surface area contributed by atoms with Gasteiger partial charge in [-0.25, -0.2) is 13.6 Å². The van der Waals surface area contributed by atoms with Crippen molar-refractivity contribution in [2.24, 2.45) is 11.1 Å². The highest BCUT2D eigenvalue weighted by molar-refractivity contribution is 8.00. The number of phenolic OH excluding ortho intramolecular Hbond substituents is 1. The van der Waals surface area contributed by atoms with E-state index in [0.717, 1.165) is 23.1 Å². The van der Waals surface area contributed by atoms with Crippen LogP contribution in [0.1, 0.15) is 23.3 Å². The summed E-state index contributed by atoms with van der Waals surface area (Å²) in [5.74, 6) is -2.89. The minimum atomic E-state index is -3.90. The van der Waals surface area contributed by atoms with Gasteiger partial charge in [-0.05, 0) is 48.9 Å². The zero-order chi connectivity index (χ0) is 28.1. The van der Waals surface area contributed by atoms with Crippen LogP contribution in [0, 0.1) is 5.92 Å². The van der Waals surface area contributed by atoms with Crippen LogP contribution in [0.4, 0.5) is 5.69 Å². The van der Waals surface area contributed by atoms with Crippen molar-refractivity contribution in [1.29, 1.82) is 0 Å². The monoisotopic (exact) mass is 590 g/mol. The number of carbonyl (C=O) groups is 3. The molecule has 12 nitrogen and oxygen atoms in total. The van der Waals surface area contributed by atoms with E-state index in [9.17, 15) is 32.7 Å². The topological polar surface area (TPSA) is 187 Å². The van der Waals surface area contributed by atoms with Crippen LogP contribution in [0.3, 0.4) is 0 Å². The number of nitrogens with two attached hydrogens (primary N) is 1. The van der Waals surface area contributed by atoms with E-state index in [1.54, 1.807) is 19.1 Å². The number of imide groups is 1. The SMILES string of the molecule is CCOc1cc([C@@H]2c3sc(=O)n(CC(=O)Nc4ccc(S(N)(=O)=O)cc4)c3S[C@@H]3C(=O)NC(=O)[C@H]23)ccc1O. The molecule has 39 heavy (non-hydrogen) atoms. The lowest BCUT2D eigenvalue weighted by molar-refractivity contribution is -0.126. The van der Waals surface area contributed by atoms with Crippen LogP contribution in [0.2, 0.25) is 0 Å². The Kier molecular flexibility index (Phi) is 7.00. The maximum atomic E-state index is 13.1. The number of primary sulfonamides is 1. The van der Waals surface area contributed by atoms with E-state index < -0.39 is 49.7 Å². The number of thioether (sulfide) groups is 1. The van der Waals surface area contributed by atoms with Gasteiger partial charge in [0, 0.05) is 16.5 Å². The number of hydrogen-bond acceptors (Lipinski definition) is 10. The first-order valence-electron chi connectivity index (χ1n) is 11.6. The fraction of sp³-hybridized carbons (Fsp3) is 0.250. The number of carbonyl (C=O) groups excluding carboxylic acids is 3. The number of hydrogen-bond donors (Lipinski definition) is 4.